The summed E-state index contributed by atoms with van der Waals surface area (Å²) in [5.74, 6) is 0. The molecule has 0 aromatic heterocycles. The zero-order valence-corrected chi connectivity index (χ0v) is 11.8. The SMILES string of the molecule is CCN(C(C)COC)S(=O)(=O)c1cccc(N)c1. The molecule has 6 heteroatoms. The van der Waals surface area contributed by atoms with E-state index in [1.165, 1.54) is 10.4 Å². The second kappa shape index (κ2) is 6.17. The largest absolute Gasteiger partial charge is 0.399 e. The maximum Gasteiger partial charge on any atom is 0.243 e. The number of nitrogen functional groups attached to an aromatic ring is 1. The van der Waals surface area contributed by atoms with Gasteiger partial charge >= 0.3 is 0 Å². The molecule has 0 spiro atoms. The van der Waals surface area contributed by atoms with E-state index in [1.54, 1.807) is 32.2 Å². The van der Waals surface area contributed by atoms with Crippen LogP contribution in [-0.4, -0.2) is 39.0 Å². The van der Waals surface area contributed by atoms with Crippen molar-refractivity contribution in [3.63, 3.8) is 0 Å². The van der Waals surface area contributed by atoms with Crippen LogP contribution in [0, 0.1) is 0 Å². The molecular formula is C12H20N2O3S. The minimum atomic E-state index is -3.52. The predicted octanol–water partition coefficient (Wildman–Crippen LogP) is 1.31. The third-order valence-corrected chi connectivity index (χ3v) is 4.76. The molecule has 1 atom stereocenters. The van der Waals surface area contributed by atoms with Crippen LogP contribution >= 0.6 is 0 Å². The summed E-state index contributed by atoms with van der Waals surface area (Å²) < 4.78 is 31.3. The van der Waals surface area contributed by atoms with Crippen molar-refractivity contribution in [3.05, 3.63) is 24.3 Å². The van der Waals surface area contributed by atoms with Gasteiger partial charge in [0.15, 0.2) is 0 Å². The highest BCUT2D eigenvalue weighted by Gasteiger charge is 2.27. The molecule has 0 aliphatic carbocycles. The van der Waals surface area contributed by atoms with Crippen molar-refractivity contribution in [2.75, 3.05) is 26.0 Å². The molecule has 0 saturated carbocycles. The number of likely N-dealkylation sites (N-methyl/N-ethyl adjacent to an activating group) is 1. The van der Waals surface area contributed by atoms with Crippen molar-refractivity contribution < 1.29 is 13.2 Å². The summed E-state index contributed by atoms with van der Waals surface area (Å²) in [5.41, 5.74) is 6.06. The predicted molar refractivity (Wildman–Crippen MR) is 71.8 cm³/mol. The number of ether oxygens (including phenoxy) is 1. The fraction of sp³-hybridized carbons (Fsp3) is 0.500. The van der Waals surface area contributed by atoms with Gasteiger partial charge in [-0.1, -0.05) is 13.0 Å². The number of methoxy groups -OCH3 is 1. The van der Waals surface area contributed by atoms with Crippen LogP contribution in [-0.2, 0) is 14.8 Å². The van der Waals surface area contributed by atoms with Gasteiger partial charge in [-0.05, 0) is 25.1 Å². The Morgan fingerprint density at radius 2 is 2.11 bits per heavy atom. The molecule has 0 heterocycles. The molecule has 1 rings (SSSR count). The van der Waals surface area contributed by atoms with Crippen molar-refractivity contribution >= 4 is 15.7 Å². The Kier molecular flexibility index (Phi) is 5.13. The molecule has 1 aromatic carbocycles. The highest BCUT2D eigenvalue weighted by molar-refractivity contribution is 7.89. The van der Waals surface area contributed by atoms with Crippen molar-refractivity contribution in [2.45, 2.75) is 24.8 Å². The highest BCUT2D eigenvalue weighted by Crippen LogP contribution is 2.20. The first-order chi connectivity index (χ1) is 8.43. The standard InChI is InChI=1S/C12H20N2O3S/c1-4-14(10(2)9-17-3)18(15,16)12-7-5-6-11(13)8-12/h5-8,10H,4,9,13H2,1-3H3. The Hall–Kier alpha value is -1.11. The molecule has 0 aliphatic heterocycles. The topological polar surface area (TPSA) is 72.6 Å². The normalized spacial score (nSPS) is 13.8. The number of nitrogens with two attached hydrogens (primary N) is 1. The maximum atomic E-state index is 12.4. The molecular weight excluding hydrogens is 252 g/mol. The van der Waals surface area contributed by atoms with Gasteiger partial charge in [0.2, 0.25) is 10.0 Å². The number of sulfonamides is 1. The Bertz CT molecular complexity index is 488. The van der Waals surface area contributed by atoms with Gasteiger partial charge < -0.3 is 10.5 Å². The van der Waals surface area contributed by atoms with E-state index >= 15 is 0 Å². The fourth-order valence-corrected chi connectivity index (χ4v) is 3.53. The van der Waals surface area contributed by atoms with Gasteiger partial charge in [0.05, 0.1) is 11.5 Å². The highest BCUT2D eigenvalue weighted by atomic mass is 32.2. The number of nitrogens with zero attached hydrogens (tertiary/aromatic N) is 1. The molecule has 1 unspecified atom stereocenters. The summed E-state index contributed by atoms with van der Waals surface area (Å²) in [5, 5.41) is 0. The molecule has 0 amide bonds. The molecule has 18 heavy (non-hydrogen) atoms. The first kappa shape index (κ1) is 14.9. The molecule has 2 N–H and O–H groups in total. The van der Waals surface area contributed by atoms with Gasteiger partial charge in [0, 0.05) is 25.4 Å². The van der Waals surface area contributed by atoms with Gasteiger partial charge in [-0.25, -0.2) is 8.42 Å². The number of hydrogen-bond acceptors (Lipinski definition) is 4. The second-order valence-electron chi connectivity index (χ2n) is 4.09. The monoisotopic (exact) mass is 272 g/mol. The first-order valence-corrected chi connectivity index (χ1v) is 7.23. The lowest BCUT2D eigenvalue weighted by Gasteiger charge is -2.26. The molecule has 0 aliphatic rings. The van der Waals surface area contributed by atoms with E-state index in [9.17, 15) is 8.42 Å². The van der Waals surface area contributed by atoms with Gasteiger partial charge in [-0.2, -0.15) is 4.31 Å². The van der Waals surface area contributed by atoms with Crippen LogP contribution in [0.2, 0.25) is 0 Å². The third-order valence-electron chi connectivity index (χ3n) is 2.68. The van der Waals surface area contributed by atoms with Crippen molar-refractivity contribution in [1.82, 2.24) is 4.31 Å². The van der Waals surface area contributed by atoms with E-state index in [0.29, 0.717) is 18.8 Å². The van der Waals surface area contributed by atoms with Crippen molar-refractivity contribution in [2.24, 2.45) is 0 Å². The molecule has 5 nitrogen and oxygen atoms in total. The van der Waals surface area contributed by atoms with E-state index in [0.717, 1.165) is 0 Å². The fourth-order valence-electron chi connectivity index (χ4n) is 1.85. The number of anilines is 1. The molecule has 0 saturated heterocycles. The van der Waals surface area contributed by atoms with Crippen molar-refractivity contribution in [3.8, 4) is 0 Å². The third kappa shape index (κ3) is 3.22. The van der Waals surface area contributed by atoms with Gasteiger partial charge in [0.1, 0.15) is 0 Å². The van der Waals surface area contributed by atoms with Crippen LogP contribution in [0.25, 0.3) is 0 Å². The van der Waals surface area contributed by atoms with Crippen LogP contribution in [0.1, 0.15) is 13.8 Å². The minimum Gasteiger partial charge on any atom is -0.399 e. The Morgan fingerprint density at radius 1 is 1.44 bits per heavy atom. The number of hydrogen-bond donors (Lipinski definition) is 1. The molecule has 1 aromatic rings. The minimum absolute atomic E-state index is 0.215. The van der Waals surface area contributed by atoms with Gasteiger partial charge in [-0.3, -0.25) is 0 Å². The van der Waals surface area contributed by atoms with Crippen LogP contribution < -0.4 is 5.73 Å². The van der Waals surface area contributed by atoms with E-state index in [4.69, 9.17) is 10.5 Å². The second-order valence-corrected chi connectivity index (χ2v) is 5.98. The number of benzene rings is 1. The van der Waals surface area contributed by atoms with Crippen LogP contribution in [0.4, 0.5) is 5.69 Å². The summed E-state index contributed by atoms with van der Waals surface area (Å²) >= 11 is 0. The smallest absolute Gasteiger partial charge is 0.243 e. The van der Waals surface area contributed by atoms with Crippen molar-refractivity contribution in [1.29, 1.82) is 0 Å². The molecule has 102 valence electrons. The van der Waals surface area contributed by atoms with Crippen LogP contribution in [0.15, 0.2) is 29.2 Å². The molecule has 0 radical (unpaired) electrons. The lowest BCUT2D eigenvalue weighted by Crippen LogP contribution is -2.40. The van der Waals surface area contributed by atoms with E-state index in [1.807, 2.05) is 6.92 Å². The summed E-state index contributed by atoms with van der Waals surface area (Å²) in [6.45, 7) is 4.36. The van der Waals surface area contributed by atoms with E-state index in [-0.39, 0.29) is 10.9 Å². The average Bonchev–Trinajstić information content (AvgIpc) is 2.30. The maximum absolute atomic E-state index is 12.4. The summed E-state index contributed by atoms with van der Waals surface area (Å²) in [4.78, 5) is 0.215. The quantitative estimate of drug-likeness (QED) is 0.793. The summed E-state index contributed by atoms with van der Waals surface area (Å²) in [6, 6.07) is 6.10. The van der Waals surface area contributed by atoms with Gasteiger partial charge in [0.25, 0.3) is 0 Å². The Labute approximate surface area is 109 Å². The zero-order valence-electron chi connectivity index (χ0n) is 11.0. The molecule has 0 fully saturated rings. The number of rotatable bonds is 6. The van der Waals surface area contributed by atoms with E-state index in [2.05, 4.69) is 0 Å². The van der Waals surface area contributed by atoms with Gasteiger partial charge in [-0.15, -0.1) is 0 Å². The molecule has 0 bridgehead atoms. The summed E-state index contributed by atoms with van der Waals surface area (Å²) in [6.07, 6.45) is 0. The zero-order chi connectivity index (χ0) is 13.8. The lowest BCUT2D eigenvalue weighted by atomic mass is 10.3. The van der Waals surface area contributed by atoms with E-state index < -0.39 is 10.0 Å². The Morgan fingerprint density at radius 3 is 2.61 bits per heavy atom. The van der Waals surface area contributed by atoms with Crippen LogP contribution in [0.5, 0.6) is 0 Å². The van der Waals surface area contributed by atoms with Crippen LogP contribution in [0.3, 0.4) is 0 Å². The first-order valence-electron chi connectivity index (χ1n) is 5.79. The average molecular weight is 272 g/mol. The lowest BCUT2D eigenvalue weighted by molar-refractivity contribution is 0.142. The summed E-state index contributed by atoms with van der Waals surface area (Å²) in [7, 11) is -1.97. The Balaban J connectivity index is 3.11.